The molecule has 9 heteroatoms. The van der Waals surface area contributed by atoms with Crippen molar-refractivity contribution in [1.29, 1.82) is 0 Å². The number of nitrogens with two attached hydrogens (primary N) is 1. The van der Waals surface area contributed by atoms with E-state index in [1.165, 1.54) is 24.3 Å². The van der Waals surface area contributed by atoms with Crippen LogP contribution in [0.4, 0.5) is 10.3 Å². The minimum absolute atomic E-state index is 0.0272. The summed E-state index contributed by atoms with van der Waals surface area (Å²) >= 11 is 0. The summed E-state index contributed by atoms with van der Waals surface area (Å²) in [6, 6.07) is 5.64. The van der Waals surface area contributed by atoms with Gasteiger partial charge in [0.1, 0.15) is 5.75 Å². The van der Waals surface area contributed by atoms with E-state index in [1.54, 1.807) is 0 Å². The average Bonchev–Trinajstić information content (AvgIpc) is 2.41. The van der Waals surface area contributed by atoms with Gasteiger partial charge in [-0.15, -0.1) is 0 Å². The largest absolute Gasteiger partial charge is 0.436 e. The van der Waals surface area contributed by atoms with Gasteiger partial charge in [-0.2, -0.15) is 9.37 Å². The van der Waals surface area contributed by atoms with Crippen molar-refractivity contribution < 1.29 is 17.5 Å². The Labute approximate surface area is 114 Å². The molecule has 20 heavy (non-hydrogen) atoms. The van der Waals surface area contributed by atoms with Crippen LogP contribution in [0.2, 0.25) is 0 Å². The summed E-state index contributed by atoms with van der Waals surface area (Å²) in [7, 11) is -3.38. The first-order chi connectivity index (χ1) is 9.40. The maximum atomic E-state index is 13.5. The molecule has 0 saturated carbocycles. The number of nitrogens with one attached hydrogen (secondary N) is 1. The number of ether oxygens (including phenoxy) is 1. The van der Waals surface area contributed by atoms with Gasteiger partial charge in [-0.25, -0.2) is 19.2 Å². The number of hydrazine groups is 1. The molecule has 0 aliphatic rings. The highest BCUT2D eigenvalue weighted by molar-refractivity contribution is 7.90. The maximum Gasteiger partial charge on any atom is 0.260 e. The second-order valence-corrected chi connectivity index (χ2v) is 5.86. The number of nitrogen functional groups attached to an aromatic ring is 1. The first kappa shape index (κ1) is 14.2. The molecule has 0 radical (unpaired) electrons. The minimum Gasteiger partial charge on any atom is -0.436 e. The summed E-state index contributed by atoms with van der Waals surface area (Å²) in [6.07, 6.45) is 1.95. The molecule has 1 aromatic carbocycles. The number of sulfone groups is 1. The normalized spacial score (nSPS) is 11.2. The zero-order chi connectivity index (χ0) is 14.8. The molecular formula is C11H11FN4O3S. The van der Waals surface area contributed by atoms with Crippen molar-refractivity contribution in [2.45, 2.75) is 4.90 Å². The minimum atomic E-state index is -3.38. The van der Waals surface area contributed by atoms with Gasteiger partial charge in [-0.05, 0) is 18.2 Å². The van der Waals surface area contributed by atoms with Crippen LogP contribution in [0.25, 0.3) is 0 Å². The smallest absolute Gasteiger partial charge is 0.260 e. The van der Waals surface area contributed by atoms with Crippen LogP contribution in [0, 0.1) is 5.82 Å². The molecule has 7 nitrogen and oxygen atoms in total. The van der Waals surface area contributed by atoms with Crippen molar-refractivity contribution in [1.82, 2.24) is 9.97 Å². The highest BCUT2D eigenvalue weighted by Crippen LogP contribution is 2.24. The molecule has 0 bridgehead atoms. The zero-order valence-corrected chi connectivity index (χ0v) is 11.2. The summed E-state index contributed by atoms with van der Waals surface area (Å²) in [5, 5.41) is 0. The van der Waals surface area contributed by atoms with Crippen LogP contribution >= 0.6 is 0 Å². The summed E-state index contributed by atoms with van der Waals surface area (Å²) in [6.45, 7) is 0. The lowest BCUT2D eigenvalue weighted by atomic mass is 10.3. The molecule has 0 amide bonds. The van der Waals surface area contributed by atoms with Gasteiger partial charge in [0.2, 0.25) is 11.8 Å². The highest BCUT2D eigenvalue weighted by Gasteiger charge is 2.12. The molecule has 0 aliphatic carbocycles. The molecule has 0 spiro atoms. The van der Waals surface area contributed by atoms with Crippen molar-refractivity contribution in [3.05, 3.63) is 36.3 Å². The fraction of sp³-hybridized carbons (Fsp3) is 0.0909. The average molecular weight is 298 g/mol. The molecule has 0 saturated heterocycles. The number of aromatic nitrogens is 2. The van der Waals surface area contributed by atoms with Crippen molar-refractivity contribution in [2.75, 3.05) is 11.7 Å². The second kappa shape index (κ2) is 5.39. The van der Waals surface area contributed by atoms with E-state index in [-0.39, 0.29) is 22.5 Å². The van der Waals surface area contributed by atoms with E-state index < -0.39 is 15.7 Å². The molecule has 2 aromatic rings. The molecule has 106 valence electrons. The van der Waals surface area contributed by atoms with E-state index in [0.29, 0.717) is 0 Å². The van der Waals surface area contributed by atoms with E-state index in [9.17, 15) is 12.8 Å². The third-order valence-corrected chi connectivity index (χ3v) is 3.40. The molecule has 0 aliphatic heterocycles. The molecular weight excluding hydrogens is 287 g/mol. The Hall–Kier alpha value is -2.26. The highest BCUT2D eigenvalue weighted by atomic mass is 32.2. The lowest BCUT2D eigenvalue weighted by molar-refractivity contribution is 0.419. The van der Waals surface area contributed by atoms with Crippen LogP contribution in [0.15, 0.2) is 35.4 Å². The topological polar surface area (TPSA) is 107 Å². The van der Waals surface area contributed by atoms with E-state index in [2.05, 4.69) is 15.4 Å². The summed E-state index contributed by atoms with van der Waals surface area (Å²) in [5.41, 5.74) is 2.15. The Kier molecular flexibility index (Phi) is 3.81. The van der Waals surface area contributed by atoms with Gasteiger partial charge in [-0.3, -0.25) is 5.43 Å². The first-order valence-corrected chi connectivity index (χ1v) is 7.26. The van der Waals surface area contributed by atoms with Crippen LogP contribution in [0.1, 0.15) is 0 Å². The van der Waals surface area contributed by atoms with Crippen molar-refractivity contribution in [3.63, 3.8) is 0 Å². The van der Waals surface area contributed by atoms with E-state index in [4.69, 9.17) is 10.6 Å². The summed E-state index contributed by atoms with van der Waals surface area (Å²) < 4.78 is 41.5. The van der Waals surface area contributed by atoms with Crippen LogP contribution in [-0.4, -0.2) is 24.6 Å². The van der Waals surface area contributed by atoms with Crippen molar-refractivity contribution in [3.8, 4) is 11.6 Å². The lowest BCUT2D eigenvalue weighted by Crippen LogP contribution is -2.11. The Morgan fingerprint density at radius 1 is 1.40 bits per heavy atom. The van der Waals surface area contributed by atoms with Gasteiger partial charge in [-0.1, -0.05) is 6.07 Å². The van der Waals surface area contributed by atoms with Gasteiger partial charge in [0.15, 0.2) is 9.84 Å². The Morgan fingerprint density at radius 2 is 2.15 bits per heavy atom. The quantitative estimate of drug-likeness (QED) is 0.642. The number of hydrogen-bond donors (Lipinski definition) is 2. The Morgan fingerprint density at radius 3 is 2.80 bits per heavy atom. The van der Waals surface area contributed by atoms with Gasteiger partial charge < -0.3 is 4.74 Å². The van der Waals surface area contributed by atoms with Gasteiger partial charge in [0.05, 0.1) is 11.1 Å². The number of anilines is 1. The molecule has 0 unspecified atom stereocenters. The van der Waals surface area contributed by atoms with Crippen molar-refractivity contribution in [2.24, 2.45) is 5.84 Å². The van der Waals surface area contributed by atoms with E-state index >= 15 is 0 Å². The molecule has 1 aromatic heterocycles. The van der Waals surface area contributed by atoms with E-state index in [0.717, 1.165) is 12.5 Å². The van der Waals surface area contributed by atoms with Gasteiger partial charge >= 0.3 is 0 Å². The standard InChI is InChI=1S/C11H11FN4O3S/c1-20(17,18)8-4-2-3-7(5-8)19-10-9(12)6-14-11(15-10)16-13/h2-6H,13H2,1H3,(H,14,15,16). The molecule has 2 rings (SSSR count). The third-order valence-electron chi connectivity index (χ3n) is 2.29. The molecule has 1 heterocycles. The maximum absolute atomic E-state index is 13.5. The third kappa shape index (κ3) is 3.19. The lowest BCUT2D eigenvalue weighted by Gasteiger charge is -2.07. The predicted molar refractivity (Wildman–Crippen MR) is 69.4 cm³/mol. The molecule has 0 atom stereocenters. The zero-order valence-electron chi connectivity index (χ0n) is 10.4. The number of rotatable bonds is 4. The van der Waals surface area contributed by atoms with Crippen LogP contribution in [0.5, 0.6) is 11.6 Å². The fourth-order valence-electron chi connectivity index (χ4n) is 1.37. The number of benzene rings is 1. The summed E-state index contributed by atoms with van der Waals surface area (Å²) in [4.78, 5) is 7.30. The van der Waals surface area contributed by atoms with Gasteiger partial charge in [0.25, 0.3) is 5.88 Å². The predicted octanol–water partition coefficient (Wildman–Crippen LogP) is 1.10. The van der Waals surface area contributed by atoms with Gasteiger partial charge in [0, 0.05) is 6.26 Å². The Bertz CT molecular complexity index is 736. The van der Waals surface area contributed by atoms with Crippen LogP contribution in [-0.2, 0) is 9.84 Å². The molecule has 0 fully saturated rings. The monoisotopic (exact) mass is 298 g/mol. The summed E-state index contributed by atoms with van der Waals surface area (Å²) in [5.74, 6) is 4.06. The van der Waals surface area contributed by atoms with Crippen LogP contribution in [0.3, 0.4) is 0 Å². The van der Waals surface area contributed by atoms with Crippen LogP contribution < -0.4 is 16.0 Å². The first-order valence-electron chi connectivity index (χ1n) is 5.37. The fourth-order valence-corrected chi connectivity index (χ4v) is 2.03. The SMILES string of the molecule is CS(=O)(=O)c1cccc(Oc2nc(NN)ncc2F)c1. The number of halogens is 1. The molecule has 3 N–H and O–H groups in total. The number of nitrogens with zero attached hydrogens (tertiary/aromatic N) is 2. The Balaban J connectivity index is 2.35. The second-order valence-electron chi connectivity index (χ2n) is 3.84. The number of hydrogen-bond acceptors (Lipinski definition) is 7. The van der Waals surface area contributed by atoms with Crippen molar-refractivity contribution >= 4 is 15.8 Å². The van der Waals surface area contributed by atoms with E-state index in [1.807, 2.05) is 0 Å².